The number of nitriles is 1. The molecule has 0 aliphatic rings. The molecule has 0 amide bonds. The van der Waals surface area contributed by atoms with Crippen molar-refractivity contribution in [3.05, 3.63) is 35.9 Å². The third-order valence-corrected chi connectivity index (χ3v) is 3.35. The lowest BCUT2D eigenvalue weighted by atomic mass is 9.75. The van der Waals surface area contributed by atoms with E-state index < -0.39 is 11.4 Å². The zero-order chi connectivity index (χ0) is 16.4. The van der Waals surface area contributed by atoms with Gasteiger partial charge in [-0.1, -0.05) is 30.3 Å². The van der Waals surface area contributed by atoms with Crippen LogP contribution in [0.3, 0.4) is 0 Å². The largest absolute Gasteiger partial charge is 0.466 e. The highest BCUT2D eigenvalue weighted by Gasteiger charge is 2.36. The molecule has 1 unspecified atom stereocenters. The zero-order valence-corrected chi connectivity index (χ0v) is 13.0. The number of hydrogen-bond acceptors (Lipinski definition) is 5. The van der Waals surface area contributed by atoms with Gasteiger partial charge in [0.15, 0.2) is 0 Å². The number of rotatable bonds is 8. The van der Waals surface area contributed by atoms with E-state index in [0.717, 1.165) is 0 Å². The van der Waals surface area contributed by atoms with Crippen LogP contribution in [0.15, 0.2) is 30.3 Å². The molecule has 0 aliphatic heterocycles. The fourth-order valence-electron chi connectivity index (χ4n) is 2.26. The Balaban J connectivity index is 2.99. The van der Waals surface area contributed by atoms with E-state index in [-0.39, 0.29) is 31.8 Å². The van der Waals surface area contributed by atoms with E-state index in [4.69, 9.17) is 9.47 Å². The van der Waals surface area contributed by atoms with Crippen molar-refractivity contribution in [2.45, 2.75) is 38.5 Å². The average molecular weight is 303 g/mol. The molecule has 0 heterocycles. The molecule has 0 bridgehead atoms. The van der Waals surface area contributed by atoms with E-state index in [2.05, 4.69) is 6.07 Å². The first kappa shape index (κ1) is 17.7. The predicted octanol–water partition coefficient (Wildman–Crippen LogP) is 2.74. The Kier molecular flexibility index (Phi) is 7.11. The Labute approximate surface area is 130 Å². The number of ether oxygens (including phenoxy) is 2. The molecule has 0 fully saturated rings. The summed E-state index contributed by atoms with van der Waals surface area (Å²) in [6.45, 7) is 3.99. The van der Waals surface area contributed by atoms with E-state index in [1.807, 2.05) is 6.07 Å². The molecule has 0 aromatic heterocycles. The minimum absolute atomic E-state index is 0.0791. The van der Waals surface area contributed by atoms with E-state index >= 15 is 0 Å². The van der Waals surface area contributed by atoms with Crippen LogP contribution >= 0.6 is 0 Å². The summed E-state index contributed by atoms with van der Waals surface area (Å²) < 4.78 is 9.87. The van der Waals surface area contributed by atoms with Crippen LogP contribution in [-0.2, 0) is 24.5 Å². The van der Waals surface area contributed by atoms with Crippen molar-refractivity contribution < 1.29 is 19.1 Å². The van der Waals surface area contributed by atoms with E-state index in [0.29, 0.717) is 12.2 Å². The summed E-state index contributed by atoms with van der Waals surface area (Å²) in [4.78, 5) is 23.5. The minimum Gasteiger partial charge on any atom is -0.466 e. The Hall–Kier alpha value is -2.35. The molecule has 0 spiro atoms. The summed E-state index contributed by atoms with van der Waals surface area (Å²) in [6, 6.07) is 11.2. The molecule has 5 nitrogen and oxygen atoms in total. The summed E-state index contributed by atoms with van der Waals surface area (Å²) in [7, 11) is 0. The number of benzene rings is 1. The number of carbonyl (C=O) groups is 2. The van der Waals surface area contributed by atoms with Gasteiger partial charge in [0, 0.05) is 6.42 Å². The molecule has 1 aromatic carbocycles. The molecule has 1 aromatic rings. The highest BCUT2D eigenvalue weighted by molar-refractivity contribution is 5.73. The van der Waals surface area contributed by atoms with Crippen LogP contribution in [-0.4, -0.2) is 25.2 Å². The predicted molar refractivity (Wildman–Crippen MR) is 80.9 cm³/mol. The van der Waals surface area contributed by atoms with E-state index in [1.165, 1.54) is 0 Å². The molecule has 0 saturated heterocycles. The molecular formula is C17H21NO4. The van der Waals surface area contributed by atoms with Gasteiger partial charge in [0.25, 0.3) is 0 Å². The van der Waals surface area contributed by atoms with Crippen LogP contribution in [0.1, 0.15) is 38.7 Å². The van der Waals surface area contributed by atoms with Crippen molar-refractivity contribution in [2.75, 3.05) is 13.2 Å². The Morgan fingerprint density at radius 2 is 1.68 bits per heavy atom. The maximum atomic E-state index is 11.9. The lowest BCUT2D eigenvalue weighted by molar-refractivity contribution is -0.146. The second-order valence-corrected chi connectivity index (χ2v) is 4.85. The van der Waals surface area contributed by atoms with Crippen LogP contribution < -0.4 is 0 Å². The first-order valence-corrected chi connectivity index (χ1v) is 7.36. The van der Waals surface area contributed by atoms with Gasteiger partial charge in [0.2, 0.25) is 0 Å². The van der Waals surface area contributed by atoms with Crippen LogP contribution in [0.2, 0.25) is 0 Å². The molecule has 22 heavy (non-hydrogen) atoms. The number of hydrogen-bond donors (Lipinski definition) is 0. The molecule has 1 atom stereocenters. The van der Waals surface area contributed by atoms with Gasteiger partial charge in [-0.05, 0) is 25.8 Å². The lowest BCUT2D eigenvalue weighted by Gasteiger charge is -2.26. The van der Waals surface area contributed by atoms with Gasteiger partial charge in [-0.25, -0.2) is 0 Å². The van der Waals surface area contributed by atoms with Crippen molar-refractivity contribution in [1.82, 2.24) is 0 Å². The molecule has 1 rings (SSSR count). The molecule has 0 saturated carbocycles. The molecule has 5 heteroatoms. The normalized spacial score (nSPS) is 12.8. The maximum Gasteiger partial charge on any atom is 0.307 e. The third kappa shape index (κ3) is 4.88. The number of esters is 2. The Morgan fingerprint density at radius 1 is 1.09 bits per heavy atom. The third-order valence-electron chi connectivity index (χ3n) is 3.35. The van der Waals surface area contributed by atoms with E-state index in [9.17, 15) is 14.9 Å². The summed E-state index contributed by atoms with van der Waals surface area (Å²) in [5.74, 6) is -0.821. The monoisotopic (exact) mass is 303 g/mol. The van der Waals surface area contributed by atoms with Crippen molar-refractivity contribution in [1.29, 1.82) is 5.26 Å². The van der Waals surface area contributed by atoms with Crippen molar-refractivity contribution in [3.63, 3.8) is 0 Å². The molecule has 118 valence electrons. The van der Waals surface area contributed by atoms with Gasteiger partial charge in [-0.3, -0.25) is 9.59 Å². The summed E-state index contributed by atoms with van der Waals surface area (Å²) in [6.07, 6.45) is 0.210. The maximum absolute atomic E-state index is 11.9. The van der Waals surface area contributed by atoms with Crippen LogP contribution in [0.25, 0.3) is 0 Å². The highest BCUT2D eigenvalue weighted by atomic mass is 16.5. The molecule has 0 radical (unpaired) electrons. The smallest absolute Gasteiger partial charge is 0.307 e. The van der Waals surface area contributed by atoms with Gasteiger partial charge < -0.3 is 9.47 Å². The lowest BCUT2D eigenvalue weighted by Crippen LogP contribution is -2.30. The quantitative estimate of drug-likeness (QED) is 0.690. The van der Waals surface area contributed by atoms with Crippen LogP contribution in [0.4, 0.5) is 0 Å². The fourth-order valence-corrected chi connectivity index (χ4v) is 2.26. The van der Waals surface area contributed by atoms with Crippen molar-refractivity contribution >= 4 is 11.9 Å². The Morgan fingerprint density at radius 3 is 2.23 bits per heavy atom. The van der Waals surface area contributed by atoms with Gasteiger partial charge >= 0.3 is 11.9 Å². The second-order valence-electron chi connectivity index (χ2n) is 4.85. The Bertz CT molecular complexity index is 535. The summed E-state index contributed by atoms with van der Waals surface area (Å²) in [5, 5.41) is 9.68. The van der Waals surface area contributed by atoms with Crippen molar-refractivity contribution in [3.8, 4) is 6.07 Å². The molecule has 0 aliphatic carbocycles. The van der Waals surface area contributed by atoms with Crippen LogP contribution in [0, 0.1) is 11.3 Å². The summed E-state index contributed by atoms with van der Waals surface area (Å²) in [5.41, 5.74) is -0.379. The molecule has 0 N–H and O–H groups in total. The first-order chi connectivity index (χ1) is 10.6. The standard InChI is InChI=1S/C17H21NO4/c1-3-21-15(19)10-11-17(13-18,12-16(20)22-4-2)14-8-6-5-7-9-14/h5-9H,3-4,10-12H2,1-2H3. The minimum atomic E-state index is -1.08. The summed E-state index contributed by atoms with van der Waals surface area (Å²) >= 11 is 0. The van der Waals surface area contributed by atoms with Crippen LogP contribution in [0.5, 0.6) is 0 Å². The second kappa shape index (κ2) is 8.83. The van der Waals surface area contributed by atoms with Gasteiger partial charge in [-0.15, -0.1) is 0 Å². The average Bonchev–Trinajstić information content (AvgIpc) is 2.53. The van der Waals surface area contributed by atoms with Gasteiger partial charge in [0.1, 0.15) is 0 Å². The zero-order valence-electron chi connectivity index (χ0n) is 13.0. The van der Waals surface area contributed by atoms with Gasteiger partial charge in [-0.2, -0.15) is 5.26 Å². The highest BCUT2D eigenvalue weighted by Crippen LogP contribution is 2.33. The first-order valence-electron chi connectivity index (χ1n) is 7.36. The SMILES string of the molecule is CCOC(=O)CCC(C#N)(CC(=O)OCC)c1ccccc1. The number of nitrogens with zero attached hydrogens (tertiary/aromatic N) is 1. The van der Waals surface area contributed by atoms with Gasteiger partial charge in [0.05, 0.1) is 31.1 Å². The fraction of sp³-hybridized carbons (Fsp3) is 0.471. The van der Waals surface area contributed by atoms with E-state index in [1.54, 1.807) is 38.1 Å². The number of carbonyl (C=O) groups excluding carboxylic acids is 2. The topological polar surface area (TPSA) is 76.4 Å². The molecular weight excluding hydrogens is 282 g/mol. The van der Waals surface area contributed by atoms with Crippen molar-refractivity contribution in [2.24, 2.45) is 0 Å².